The second-order valence-electron chi connectivity index (χ2n) is 4.65. The number of amides is 1. The number of rotatable bonds is 3. The van der Waals surface area contributed by atoms with Gasteiger partial charge in [0.25, 0.3) is 5.91 Å². The van der Waals surface area contributed by atoms with Crippen molar-refractivity contribution in [3.05, 3.63) is 64.5 Å². The summed E-state index contributed by atoms with van der Waals surface area (Å²) in [5.41, 5.74) is 4.25. The number of aryl methyl sites for hydroxylation is 2. The summed E-state index contributed by atoms with van der Waals surface area (Å²) in [6.07, 6.45) is 1.41. The minimum atomic E-state index is -0.194. The predicted molar refractivity (Wildman–Crippen MR) is 76.0 cm³/mol. The summed E-state index contributed by atoms with van der Waals surface area (Å²) in [7, 11) is 0. The minimum absolute atomic E-state index is 0.194. The van der Waals surface area contributed by atoms with Crippen molar-refractivity contribution >= 4 is 5.91 Å². The lowest BCUT2D eigenvalue weighted by Crippen LogP contribution is -2.23. The van der Waals surface area contributed by atoms with Gasteiger partial charge in [-0.05, 0) is 42.7 Å². The molecule has 0 bridgehead atoms. The maximum atomic E-state index is 11.9. The molecule has 20 heavy (non-hydrogen) atoms. The summed E-state index contributed by atoms with van der Waals surface area (Å²) >= 11 is 0. The van der Waals surface area contributed by atoms with Crippen LogP contribution in [0, 0.1) is 25.2 Å². The Kier molecular flexibility index (Phi) is 4.11. The molecule has 1 aromatic carbocycles. The standard InChI is InChI=1S/C16H15N3O/c1-11-3-4-13(7-12(11)2)9-19-16(20)14-5-6-15(8-17)18-10-14/h3-7,10H,9H2,1-2H3,(H,19,20). The number of nitriles is 1. The normalized spacial score (nSPS) is 9.85. The first-order valence-corrected chi connectivity index (χ1v) is 6.30. The third-order valence-electron chi connectivity index (χ3n) is 3.16. The Bertz CT molecular complexity index is 669. The number of nitrogens with one attached hydrogen (secondary N) is 1. The number of carbonyl (C=O) groups is 1. The van der Waals surface area contributed by atoms with Gasteiger partial charge in [0.05, 0.1) is 5.56 Å². The van der Waals surface area contributed by atoms with E-state index in [0.29, 0.717) is 17.8 Å². The van der Waals surface area contributed by atoms with Crippen LogP contribution < -0.4 is 5.32 Å². The third-order valence-corrected chi connectivity index (χ3v) is 3.16. The van der Waals surface area contributed by atoms with Gasteiger partial charge in [-0.3, -0.25) is 4.79 Å². The van der Waals surface area contributed by atoms with Gasteiger partial charge < -0.3 is 5.32 Å². The van der Waals surface area contributed by atoms with Crippen LogP contribution in [0.1, 0.15) is 32.7 Å². The fraction of sp³-hybridized carbons (Fsp3) is 0.188. The van der Waals surface area contributed by atoms with Gasteiger partial charge in [0, 0.05) is 12.7 Å². The first-order chi connectivity index (χ1) is 9.60. The van der Waals surface area contributed by atoms with Crippen LogP contribution in [0.2, 0.25) is 0 Å². The number of benzene rings is 1. The molecule has 0 aliphatic rings. The molecule has 4 heteroatoms. The number of pyridine rings is 1. The van der Waals surface area contributed by atoms with E-state index in [9.17, 15) is 4.79 Å². The zero-order chi connectivity index (χ0) is 14.5. The Balaban J connectivity index is 2.01. The molecule has 100 valence electrons. The van der Waals surface area contributed by atoms with Gasteiger partial charge in [-0.1, -0.05) is 18.2 Å². The second-order valence-corrected chi connectivity index (χ2v) is 4.65. The SMILES string of the molecule is Cc1ccc(CNC(=O)c2ccc(C#N)nc2)cc1C. The summed E-state index contributed by atoms with van der Waals surface area (Å²) in [4.78, 5) is 15.8. The molecule has 1 aromatic heterocycles. The molecule has 2 rings (SSSR count). The Morgan fingerprint density at radius 1 is 1.25 bits per heavy atom. The van der Waals surface area contributed by atoms with Crippen LogP contribution in [0.15, 0.2) is 36.5 Å². The molecule has 0 unspecified atom stereocenters. The molecular formula is C16H15N3O. The zero-order valence-electron chi connectivity index (χ0n) is 11.5. The molecule has 1 amide bonds. The van der Waals surface area contributed by atoms with Crippen molar-refractivity contribution in [2.24, 2.45) is 0 Å². The molecule has 4 nitrogen and oxygen atoms in total. The van der Waals surface area contributed by atoms with E-state index >= 15 is 0 Å². The molecule has 2 aromatic rings. The van der Waals surface area contributed by atoms with E-state index in [1.807, 2.05) is 25.1 Å². The molecule has 0 spiro atoms. The monoisotopic (exact) mass is 265 g/mol. The van der Waals surface area contributed by atoms with Crippen molar-refractivity contribution in [1.82, 2.24) is 10.3 Å². The highest BCUT2D eigenvalue weighted by Crippen LogP contribution is 2.09. The van der Waals surface area contributed by atoms with Crippen molar-refractivity contribution < 1.29 is 4.79 Å². The second kappa shape index (κ2) is 5.98. The molecule has 0 fully saturated rings. The fourth-order valence-electron chi connectivity index (χ4n) is 1.79. The van der Waals surface area contributed by atoms with Crippen molar-refractivity contribution in [3.63, 3.8) is 0 Å². The van der Waals surface area contributed by atoms with Crippen LogP contribution in [-0.4, -0.2) is 10.9 Å². The largest absolute Gasteiger partial charge is 0.348 e. The van der Waals surface area contributed by atoms with Crippen molar-refractivity contribution in [3.8, 4) is 6.07 Å². The number of carbonyl (C=O) groups excluding carboxylic acids is 1. The first kappa shape index (κ1) is 13.8. The highest BCUT2D eigenvalue weighted by molar-refractivity contribution is 5.93. The molecule has 1 heterocycles. The van der Waals surface area contributed by atoms with Gasteiger partial charge in [0.15, 0.2) is 0 Å². The number of hydrogen-bond acceptors (Lipinski definition) is 3. The van der Waals surface area contributed by atoms with Gasteiger partial charge in [-0.25, -0.2) is 4.98 Å². The highest BCUT2D eigenvalue weighted by Gasteiger charge is 2.06. The summed E-state index contributed by atoms with van der Waals surface area (Å²) in [6, 6.07) is 11.2. The van der Waals surface area contributed by atoms with E-state index < -0.39 is 0 Å². The van der Waals surface area contributed by atoms with E-state index in [2.05, 4.69) is 23.3 Å². The lowest BCUT2D eigenvalue weighted by atomic mass is 10.1. The smallest absolute Gasteiger partial charge is 0.253 e. The van der Waals surface area contributed by atoms with Crippen LogP contribution >= 0.6 is 0 Å². The van der Waals surface area contributed by atoms with Gasteiger partial charge in [0.2, 0.25) is 0 Å². The van der Waals surface area contributed by atoms with E-state index in [1.54, 1.807) is 6.07 Å². The maximum Gasteiger partial charge on any atom is 0.253 e. The lowest BCUT2D eigenvalue weighted by molar-refractivity contribution is 0.0950. The quantitative estimate of drug-likeness (QED) is 0.927. The summed E-state index contributed by atoms with van der Waals surface area (Å²) < 4.78 is 0. The summed E-state index contributed by atoms with van der Waals surface area (Å²) in [6.45, 7) is 4.57. The molecule has 0 aliphatic carbocycles. The zero-order valence-corrected chi connectivity index (χ0v) is 11.5. The van der Waals surface area contributed by atoms with Gasteiger partial charge in [0.1, 0.15) is 11.8 Å². The van der Waals surface area contributed by atoms with Crippen molar-refractivity contribution in [2.45, 2.75) is 20.4 Å². The lowest BCUT2D eigenvalue weighted by Gasteiger charge is -2.07. The Labute approximate surface area is 118 Å². The van der Waals surface area contributed by atoms with Crippen LogP contribution in [0.5, 0.6) is 0 Å². The van der Waals surface area contributed by atoms with Crippen LogP contribution in [0.3, 0.4) is 0 Å². The Morgan fingerprint density at radius 2 is 2.05 bits per heavy atom. The molecule has 0 atom stereocenters. The number of hydrogen-bond donors (Lipinski definition) is 1. The average molecular weight is 265 g/mol. The molecule has 0 saturated heterocycles. The Morgan fingerprint density at radius 3 is 2.65 bits per heavy atom. The van der Waals surface area contributed by atoms with Crippen LogP contribution in [-0.2, 0) is 6.54 Å². The Hall–Kier alpha value is -2.67. The average Bonchev–Trinajstić information content (AvgIpc) is 2.48. The summed E-state index contributed by atoms with van der Waals surface area (Å²) in [5.74, 6) is -0.194. The van der Waals surface area contributed by atoms with Gasteiger partial charge in [-0.15, -0.1) is 0 Å². The third kappa shape index (κ3) is 3.21. The van der Waals surface area contributed by atoms with E-state index in [4.69, 9.17) is 5.26 Å². The molecule has 0 saturated carbocycles. The summed E-state index contributed by atoms with van der Waals surface area (Å²) in [5, 5.41) is 11.5. The molecule has 1 N–H and O–H groups in total. The number of nitrogens with zero attached hydrogens (tertiary/aromatic N) is 2. The van der Waals surface area contributed by atoms with E-state index in [-0.39, 0.29) is 5.91 Å². The van der Waals surface area contributed by atoms with Crippen molar-refractivity contribution in [1.29, 1.82) is 5.26 Å². The predicted octanol–water partition coefficient (Wildman–Crippen LogP) is 2.50. The topological polar surface area (TPSA) is 65.8 Å². The molecule has 0 radical (unpaired) electrons. The van der Waals surface area contributed by atoms with E-state index in [1.165, 1.54) is 23.4 Å². The maximum absolute atomic E-state index is 11.9. The first-order valence-electron chi connectivity index (χ1n) is 6.30. The minimum Gasteiger partial charge on any atom is -0.348 e. The van der Waals surface area contributed by atoms with Gasteiger partial charge in [-0.2, -0.15) is 5.26 Å². The highest BCUT2D eigenvalue weighted by atomic mass is 16.1. The van der Waals surface area contributed by atoms with Crippen molar-refractivity contribution in [2.75, 3.05) is 0 Å². The molecule has 0 aliphatic heterocycles. The van der Waals surface area contributed by atoms with Gasteiger partial charge >= 0.3 is 0 Å². The molecular weight excluding hydrogens is 250 g/mol. The van der Waals surface area contributed by atoms with Crippen LogP contribution in [0.25, 0.3) is 0 Å². The number of aromatic nitrogens is 1. The van der Waals surface area contributed by atoms with Crippen LogP contribution in [0.4, 0.5) is 0 Å². The fourth-order valence-corrected chi connectivity index (χ4v) is 1.79. The van der Waals surface area contributed by atoms with E-state index in [0.717, 1.165) is 5.56 Å².